The molecule has 0 aliphatic carbocycles. The Morgan fingerprint density at radius 2 is 0.952 bits per heavy atom. The Balaban J connectivity index is 1.19. The van der Waals surface area contributed by atoms with Gasteiger partial charge in [0.1, 0.15) is 0 Å². The second-order valence-electron chi connectivity index (χ2n) is 10.2. The van der Waals surface area contributed by atoms with Gasteiger partial charge in [0.2, 0.25) is 0 Å². The van der Waals surface area contributed by atoms with Crippen molar-refractivity contribution in [3.8, 4) is 5.75 Å². The van der Waals surface area contributed by atoms with E-state index in [9.17, 15) is 9.59 Å². The molecule has 5 nitrogen and oxygen atoms in total. The maximum absolute atomic E-state index is 12.7. The Kier molecular flexibility index (Phi) is 9.77. The van der Waals surface area contributed by atoms with Gasteiger partial charge < -0.3 is 5.32 Å². The molecule has 0 saturated carbocycles. The number of anilines is 2. The molecule has 212 valence electrons. The van der Waals surface area contributed by atoms with Gasteiger partial charge in [0.15, 0.2) is 0 Å². The molecule has 0 spiro atoms. The van der Waals surface area contributed by atoms with E-state index >= 15 is 0 Å². The molecule has 5 aromatic carbocycles. The summed E-state index contributed by atoms with van der Waals surface area (Å²) in [7, 11) is -2.31. The number of amides is 2. The van der Waals surface area contributed by atoms with Gasteiger partial charge in [0.25, 0.3) is 0 Å². The number of hydrogen-bond acceptors (Lipinski definition) is 3. The van der Waals surface area contributed by atoms with Crippen LogP contribution in [0.5, 0.6) is 5.75 Å². The molecular weight excluding hydrogens is 539 g/mol. The fourth-order valence-electron chi connectivity index (χ4n) is 5.36. The molecule has 0 heterocycles. The van der Waals surface area contributed by atoms with E-state index in [-0.39, 0.29) is 12.0 Å². The van der Waals surface area contributed by atoms with Crippen LogP contribution in [0.3, 0.4) is 0 Å². The van der Waals surface area contributed by atoms with Crippen molar-refractivity contribution in [3.63, 3.8) is 0 Å². The zero-order valence-corrected chi connectivity index (χ0v) is 24.4. The average Bonchev–Trinajstić information content (AvgIpc) is 3.04. The van der Waals surface area contributed by atoms with Gasteiger partial charge in [0, 0.05) is 5.69 Å². The number of para-hydroxylation sites is 1. The van der Waals surface area contributed by atoms with Gasteiger partial charge in [-0.25, -0.2) is 4.79 Å². The molecule has 2 amide bonds. The van der Waals surface area contributed by atoms with Crippen LogP contribution in [0.15, 0.2) is 146 Å². The van der Waals surface area contributed by atoms with Gasteiger partial charge in [-0.1, -0.05) is 18.2 Å². The summed E-state index contributed by atoms with van der Waals surface area (Å²) in [6, 6.07) is 48.1. The number of rotatable bonds is 11. The molecule has 2 N–H and O–H groups in total. The van der Waals surface area contributed by atoms with Gasteiger partial charge in [-0.2, -0.15) is 0 Å². The van der Waals surface area contributed by atoms with Gasteiger partial charge in [-0.15, -0.1) is 0 Å². The summed E-state index contributed by atoms with van der Waals surface area (Å²) in [6.45, 7) is 0. The Hall–Kier alpha value is -4.73. The molecular formula is C36H35N2O3P. The first kappa shape index (κ1) is 28.8. The Bertz CT molecular complexity index is 1470. The van der Waals surface area contributed by atoms with E-state index < -0.39 is 7.26 Å². The number of hydrogen-bond donors (Lipinski definition) is 2. The molecule has 5 rings (SSSR count). The van der Waals surface area contributed by atoms with E-state index in [0.717, 1.165) is 19.0 Å². The summed E-state index contributed by atoms with van der Waals surface area (Å²) >= 11 is 0. The molecule has 0 unspecified atom stereocenters. The molecule has 0 saturated heterocycles. The summed E-state index contributed by atoms with van der Waals surface area (Å²) in [5.41, 5.74) is 1.31. The standard InChI is InChI=1S/C36H35N2O3P/c39-35(41-31-26-24-30(25-27-31)38-36(40)37-29-15-5-1-6-16-29)23-13-14-28-42(32-17-7-2-8-18-32,33-19-9-3-10-20-33)34-21-11-4-12-22-34/h1-12,15-22,24-27,42H,13-14,23,28H2,(H2,37,38,40). The molecule has 6 heteroatoms. The third-order valence-electron chi connectivity index (χ3n) is 7.36. The first-order valence-electron chi connectivity index (χ1n) is 14.2. The van der Waals surface area contributed by atoms with Crippen LogP contribution in [0.1, 0.15) is 19.3 Å². The number of ether oxygens (including phenoxy) is 1. The van der Waals surface area contributed by atoms with Crippen LogP contribution >= 0.6 is 7.26 Å². The first-order valence-corrected chi connectivity index (χ1v) is 16.4. The number of carbonyl (C=O) groups excluding carboxylic acids is 2. The Morgan fingerprint density at radius 3 is 1.43 bits per heavy atom. The fraction of sp³-hybridized carbons (Fsp3) is 0.111. The summed E-state index contributed by atoms with van der Waals surface area (Å²) in [4.78, 5) is 25.0. The van der Waals surface area contributed by atoms with Gasteiger partial charge >= 0.3 is 202 Å². The van der Waals surface area contributed by atoms with Crippen LogP contribution in [0.25, 0.3) is 0 Å². The van der Waals surface area contributed by atoms with Gasteiger partial charge in [-0.3, -0.25) is 0 Å². The predicted octanol–water partition coefficient (Wildman–Crippen LogP) is 7.13. The van der Waals surface area contributed by atoms with Crippen molar-refractivity contribution in [2.24, 2.45) is 0 Å². The molecule has 0 atom stereocenters. The third kappa shape index (κ3) is 7.31. The van der Waals surface area contributed by atoms with Crippen molar-refractivity contribution in [2.45, 2.75) is 19.3 Å². The average molecular weight is 575 g/mol. The SMILES string of the molecule is O=C(Nc1ccccc1)Nc1ccc(OC(=O)CCCC[PH](c2ccccc2)(c2ccccc2)c2ccccc2)cc1. The van der Waals surface area contributed by atoms with Crippen molar-refractivity contribution in [3.05, 3.63) is 146 Å². The predicted molar refractivity (Wildman–Crippen MR) is 176 cm³/mol. The van der Waals surface area contributed by atoms with E-state index in [1.54, 1.807) is 24.3 Å². The third-order valence-corrected chi connectivity index (χ3v) is 12.4. The molecule has 0 aromatic heterocycles. The molecule has 0 fully saturated rings. The molecule has 0 aliphatic heterocycles. The number of unbranched alkanes of at least 4 members (excludes halogenated alkanes) is 1. The minimum atomic E-state index is -2.31. The zero-order chi connectivity index (χ0) is 29.0. The van der Waals surface area contributed by atoms with E-state index in [1.807, 2.05) is 30.3 Å². The van der Waals surface area contributed by atoms with E-state index in [2.05, 4.69) is 102 Å². The summed E-state index contributed by atoms with van der Waals surface area (Å²) in [5, 5.41) is 9.67. The van der Waals surface area contributed by atoms with Gasteiger partial charge in [-0.05, 0) is 12.1 Å². The molecule has 0 radical (unpaired) electrons. The second-order valence-corrected chi connectivity index (χ2v) is 14.2. The van der Waals surface area contributed by atoms with Crippen LogP contribution in [0.4, 0.5) is 16.2 Å². The quantitative estimate of drug-likeness (QED) is 0.0763. The van der Waals surface area contributed by atoms with Crippen molar-refractivity contribution in [1.29, 1.82) is 0 Å². The number of urea groups is 1. The van der Waals surface area contributed by atoms with Crippen LogP contribution in [0, 0.1) is 0 Å². The normalized spacial score (nSPS) is 11.3. The number of benzene rings is 5. The monoisotopic (exact) mass is 574 g/mol. The molecule has 0 bridgehead atoms. The summed E-state index contributed by atoms with van der Waals surface area (Å²) in [5.74, 6) is 0.194. The van der Waals surface area contributed by atoms with Crippen LogP contribution < -0.4 is 31.3 Å². The van der Waals surface area contributed by atoms with Crippen molar-refractivity contribution in [1.82, 2.24) is 0 Å². The number of esters is 1. The Morgan fingerprint density at radius 1 is 0.524 bits per heavy atom. The van der Waals surface area contributed by atoms with E-state index in [0.29, 0.717) is 23.5 Å². The van der Waals surface area contributed by atoms with Crippen molar-refractivity contribution < 1.29 is 14.3 Å². The molecule has 5 aromatic rings. The minimum absolute atomic E-state index is 0.260. The summed E-state index contributed by atoms with van der Waals surface area (Å²) < 4.78 is 5.60. The maximum atomic E-state index is 12.7. The summed E-state index contributed by atoms with van der Waals surface area (Å²) in [6.07, 6.45) is 2.96. The van der Waals surface area contributed by atoms with Crippen LogP contribution in [-0.2, 0) is 4.79 Å². The van der Waals surface area contributed by atoms with Crippen LogP contribution in [0.2, 0.25) is 0 Å². The fourth-order valence-corrected chi connectivity index (χ4v) is 10.3. The molecule has 0 aliphatic rings. The van der Waals surface area contributed by atoms with Crippen molar-refractivity contribution in [2.75, 3.05) is 16.8 Å². The van der Waals surface area contributed by atoms with Crippen LogP contribution in [-0.4, -0.2) is 18.2 Å². The van der Waals surface area contributed by atoms with E-state index in [1.165, 1.54) is 15.9 Å². The zero-order valence-electron chi connectivity index (χ0n) is 23.4. The Labute approximate surface area is 247 Å². The van der Waals surface area contributed by atoms with E-state index in [4.69, 9.17) is 4.74 Å². The van der Waals surface area contributed by atoms with Gasteiger partial charge in [0.05, 0.1) is 0 Å². The second kappa shape index (κ2) is 14.2. The number of nitrogens with one attached hydrogen (secondary N) is 2. The number of carbonyl (C=O) groups is 2. The first-order chi connectivity index (χ1) is 20.6. The van der Waals surface area contributed by atoms with Crippen molar-refractivity contribution >= 4 is 46.6 Å². The topological polar surface area (TPSA) is 67.4 Å². The molecule has 42 heavy (non-hydrogen) atoms.